The van der Waals surface area contributed by atoms with Gasteiger partial charge >= 0.3 is 12.0 Å². The van der Waals surface area contributed by atoms with Gasteiger partial charge in [-0.25, -0.2) is 9.59 Å². The van der Waals surface area contributed by atoms with Gasteiger partial charge in [0.2, 0.25) is 0 Å². The van der Waals surface area contributed by atoms with E-state index in [0.717, 1.165) is 16.7 Å². The largest absolute Gasteiger partial charge is 0.489 e. The second kappa shape index (κ2) is 10.3. The van der Waals surface area contributed by atoms with Gasteiger partial charge in [0.15, 0.2) is 0 Å². The molecule has 3 aromatic rings. The Morgan fingerprint density at radius 2 is 1.62 bits per heavy atom. The van der Waals surface area contributed by atoms with E-state index >= 15 is 0 Å². The van der Waals surface area contributed by atoms with Gasteiger partial charge in [-0.1, -0.05) is 72.3 Å². The van der Waals surface area contributed by atoms with Crippen molar-refractivity contribution in [2.24, 2.45) is 0 Å². The van der Waals surface area contributed by atoms with E-state index in [1.807, 2.05) is 73.7 Å². The first-order chi connectivity index (χ1) is 16.4. The molecule has 0 spiro atoms. The van der Waals surface area contributed by atoms with Crippen LogP contribution < -0.4 is 15.4 Å². The maximum Gasteiger partial charge on any atom is 0.338 e. The third-order valence-corrected chi connectivity index (χ3v) is 5.44. The molecule has 0 saturated carbocycles. The molecule has 0 aliphatic carbocycles. The first-order valence-electron chi connectivity index (χ1n) is 11.3. The van der Waals surface area contributed by atoms with Crippen molar-refractivity contribution in [2.45, 2.75) is 39.5 Å². The van der Waals surface area contributed by atoms with E-state index in [4.69, 9.17) is 9.47 Å². The number of aryl methyl sites for hydroxylation is 1. The van der Waals surface area contributed by atoms with Crippen molar-refractivity contribution in [3.05, 3.63) is 107 Å². The molecule has 1 aliphatic rings. The summed E-state index contributed by atoms with van der Waals surface area (Å²) in [5.74, 6) is 0.217. The summed E-state index contributed by atoms with van der Waals surface area (Å²) in [6.07, 6.45) is -0.298. The number of hydrogen-bond donors (Lipinski definition) is 2. The molecule has 0 bridgehead atoms. The zero-order chi connectivity index (χ0) is 24.1. The number of carbonyl (C=O) groups is 2. The fourth-order valence-electron chi connectivity index (χ4n) is 3.75. The highest BCUT2D eigenvalue weighted by Crippen LogP contribution is 2.33. The minimum Gasteiger partial charge on any atom is -0.489 e. The average molecular weight is 457 g/mol. The highest BCUT2D eigenvalue weighted by Gasteiger charge is 2.34. The van der Waals surface area contributed by atoms with Crippen molar-refractivity contribution in [1.82, 2.24) is 10.6 Å². The molecule has 1 unspecified atom stereocenters. The fraction of sp³-hybridized carbons (Fsp3) is 0.214. The number of rotatable bonds is 7. The minimum absolute atomic E-state index is 0.298. The zero-order valence-electron chi connectivity index (χ0n) is 19.5. The summed E-state index contributed by atoms with van der Waals surface area (Å²) in [6, 6.07) is 23.8. The minimum atomic E-state index is -0.665. The number of hydrogen-bond acceptors (Lipinski definition) is 4. The second-order valence-corrected chi connectivity index (χ2v) is 8.48. The summed E-state index contributed by atoms with van der Waals surface area (Å²) >= 11 is 0. The molecule has 0 aromatic heterocycles. The summed E-state index contributed by atoms with van der Waals surface area (Å²) in [4.78, 5) is 25.7. The van der Waals surface area contributed by atoms with Gasteiger partial charge in [0.05, 0.1) is 23.4 Å². The lowest BCUT2D eigenvalue weighted by Gasteiger charge is -2.30. The van der Waals surface area contributed by atoms with Gasteiger partial charge < -0.3 is 20.1 Å². The highest BCUT2D eigenvalue weighted by atomic mass is 16.5. The Morgan fingerprint density at radius 1 is 0.941 bits per heavy atom. The Hall–Kier alpha value is -4.06. The maximum absolute atomic E-state index is 13.1. The van der Waals surface area contributed by atoms with Gasteiger partial charge in [0.1, 0.15) is 12.4 Å². The van der Waals surface area contributed by atoms with Gasteiger partial charge in [-0.3, -0.25) is 0 Å². The standard InChI is InChI=1S/C28H28N2O4/c1-18(2)34-27(31)24-25(21-7-5-4-6-8-21)29-28(32)30-26(24)22-13-15-23(16-14-22)33-17-20-11-9-19(3)10-12-20/h4-16,18,26H,17H2,1-3H3,(H2,29,30,32). The number of esters is 1. The molecule has 6 heteroatoms. The molecule has 4 rings (SSSR count). The van der Waals surface area contributed by atoms with E-state index in [-0.39, 0.29) is 12.1 Å². The number of ether oxygens (including phenoxy) is 2. The normalized spacial score (nSPS) is 15.5. The molecule has 6 nitrogen and oxygen atoms in total. The Labute approximate surface area is 199 Å². The van der Waals surface area contributed by atoms with E-state index in [1.54, 1.807) is 13.8 Å². The van der Waals surface area contributed by atoms with Crippen LogP contribution in [0.2, 0.25) is 0 Å². The van der Waals surface area contributed by atoms with Crippen molar-refractivity contribution >= 4 is 17.7 Å². The number of nitrogens with one attached hydrogen (secondary N) is 2. The average Bonchev–Trinajstić information content (AvgIpc) is 2.83. The lowest BCUT2D eigenvalue weighted by Crippen LogP contribution is -2.45. The molecule has 0 fully saturated rings. The van der Waals surface area contributed by atoms with Crippen LogP contribution in [0.1, 0.15) is 42.1 Å². The van der Waals surface area contributed by atoms with Gasteiger partial charge in [0.25, 0.3) is 0 Å². The monoisotopic (exact) mass is 456 g/mol. The molecule has 1 aliphatic heterocycles. The van der Waals surface area contributed by atoms with Crippen LogP contribution >= 0.6 is 0 Å². The molecule has 34 heavy (non-hydrogen) atoms. The van der Waals surface area contributed by atoms with Gasteiger partial charge in [0, 0.05) is 0 Å². The third kappa shape index (κ3) is 5.46. The quantitative estimate of drug-likeness (QED) is 0.474. The van der Waals surface area contributed by atoms with E-state index < -0.39 is 12.0 Å². The maximum atomic E-state index is 13.1. The molecule has 0 saturated heterocycles. The number of benzene rings is 3. The molecule has 1 heterocycles. The van der Waals surface area contributed by atoms with E-state index in [0.29, 0.717) is 23.6 Å². The van der Waals surface area contributed by atoms with Gasteiger partial charge in [-0.15, -0.1) is 0 Å². The van der Waals surface area contributed by atoms with Crippen LogP contribution in [0.3, 0.4) is 0 Å². The Morgan fingerprint density at radius 3 is 2.26 bits per heavy atom. The van der Waals surface area contributed by atoms with Crippen molar-refractivity contribution in [1.29, 1.82) is 0 Å². The second-order valence-electron chi connectivity index (χ2n) is 8.48. The predicted molar refractivity (Wildman–Crippen MR) is 131 cm³/mol. The number of carbonyl (C=O) groups excluding carboxylic acids is 2. The fourth-order valence-corrected chi connectivity index (χ4v) is 3.75. The summed E-state index contributed by atoms with van der Waals surface area (Å²) < 4.78 is 11.4. The van der Waals surface area contributed by atoms with E-state index in [1.165, 1.54) is 5.56 Å². The lowest BCUT2D eigenvalue weighted by atomic mass is 9.92. The Bertz CT molecular complexity index is 1180. The van der Waals surface area contributed by atoms with Gasteiger partial charge in [-0.2, -0.15) is 0 Å². The van der Waals surface area contributed by atoms with Crippen LogP contribution in [-0.2, 0) is 16.1 Å². The SMILES string of the molecule is Cc1ccc(COc2ccc(C3NC(=O)NC(c4ccccc4)=C3C(=O)OC(C)C)cc2)cc1. The van der Waals surface area contributed by atoms with E-state index in [2.05, 4.69) is 22.8 Å². The number of urea groups is 1. The predicted octanol–water partition coefficient (Wildman–Crippen LogP) is 5.29. The van der Waals surface area contributed by atoms with Crippen LogP contribution in [0, 0.1) is 6.92 Å². The first kappa shape index (κ1) is 23.1. The molecule has 3 aromatic carbocycles. The topological polar surface area (TPSA) is 76.7 Å². The number of amides is 2. The third-order valence-electron chi connectivity index (χ3n) is 5.44. The van der Waals surface area contributed by atoms with Crippen molar-refractivity contribution in [3.8, 4) is 5.75 Å². The van der Waals surface area contributed by atoms with Crippen LogP contribution in [0.5, 0.6) is 5.75 Å². The molecular weight excluding hydrogens is 428 g/mol. The summed E-state index contributed by atoms with van der Waals surface area (Å²) in [5, 5.41) is 5.66. The molecule has 0 radical (unpaired) electrons. The lowest BCUT2D eigenvalue weighted by molar-refractivity contribution is -0.143. The zero-order valence-corrected chi connectivity index (χ0v) is 19.5. The summed E-state index contributed by atoms with van der Waals surface area (Å²) in [6.45, 7) is 6.09. The van der Waals surface area contributed by atoms with E-state index in [9.17, 15) is 9.59 Å². The molecule has 2 amide bonds. The van der Waals surface area contributed by atoms with Crippen LogP contribution in [0.4, 0.5) is 4.79 Å². The molecule has 2 N–H and O–H groups in total. The molecule has 174 valence electrons. The Balaban J connectivity index is 1.63. The smallest absolute Gasteiger partial charge is 0.338 e. The highest BCUT2D eigenvalue weighted by molar-refractivity contribution is 6.04. The van der Waals surface area contributed by atoms with Crippen molar-refractivity contribution < 1.29 is 19.1 Å². The first-order valence-corrected chi connectivity index (χ1v) is 11.3. The summed E-state index contributed by atoms with van der Waals surface area (Å²) in [5.41, 5.74) is 4.56. The van der Waals surface area contributed by atoms with Crippen LogP contribution in [0.15, 0.2) is 84.4 Å². The summed E-state index contributed by atoms with van der Waals surface area (Å²) in [7, 11) is 0. The van der Waals surface area contributed by atoms with Crippen LogP contribution in [-0.4, -0.2) is 18.1 Å². The van der Waals surface area contributed by atoms with Gasteiger partial charge in [-0.05, 0) is 49.6 Å². The van der Waals surface area contributed by atoms with Crippen molar-refractivity contribution in [2.75, 3.05) is 0 Å². The Kier molecular flexibility index (Phi) is 6.97. The molecular formula is C28H28N2O4. The van der Waals surface area contributed by atoms with Crippen molar-refractivity contribution in [3.63, 3.8) is 0 Å². The van der Waals surface area contributed by atoms with Crippen LogP contribution in [0.25, 0.3) is 5.70 Å². The molecule has 1 atom stereocenters.